The van der Waals surface area contributed by atoms with Crippen LogP contribution in [0.15, 0.2) is 24.3 Å². The van der Waals surface area contributed by atoms with Crippen LogP contribution >= 0.6 is 0 Å². The highest BCUT2D eigenvalue weighted by atomic mass is 16.5. The van der Waals surface area contributed by atoms with Crippen LogP contribution in [0.2, 0.25) is 0 Å². The Bertz CT molecular complexity index is 374. The molecule has 3 nitrogen and oxygen atoms in total. The van der Waals surface area contributed by atoms with Gasteiger partial charge in [-0.25, -0.2) is 0 Å². The molecule has 0 radical (unpaired) electrons. The summed E-state index contributed by atoms with van der Waals surface area (Å²) in [7, 11) is 0. The average Bonchev–Trinajstić information content (AvgIpc) is 2.86. The van der Waals surface area contributed by atoms with Gasteiger partial charge in [0, 0.05) is 24.8 Å². The number of anilines is 1. The summed E-state index contributed by atoms with van der Waals surface area (Å²) in [6.45, 7) is 6.60. The van der Waals surface area contributed by atoms with Crippen LogP contribution in [0, 0.1) is 12.8 Å². The lowest BCUT2D eigenvalue weighted by atomic mass is 9.84. The van der Waals surface area contributed by atoms with E-state index in [-0.39, 0.29) is 5.54 Å². The average molecular weight is 234 g/mol. The number of ether oxygens (including phenoxy) is 1. The van der Waals surface area contributed by atoms with Crippen LogP contribution in [0.25, 0.3) is 0 Å². The summed E-state index contributed by atoms with van der Waals surface area (Å²) in [5.41, 5.74) is 8.32. The Kier molecular flexibility index (Phi) is 3.69. The van der Waals surface area contributed by atoms with Gasteiger partial charge in [-0.15, -0.1) is 0 Å². The van der Waals surface area contributed by atoms with Gasteiger partial charge in [0.1, 0.15) is 0 Å². The quantitative estimate of drug-likeness (QED) is 0.839. The molecule has 0 bridgehead atoms. The summed E-state index contributed by atoms with van der Waals surface area (Å²) in [6.07, 6.45) is 1.09. The third kappa shape index (κ3) is 2.61. The van der Waals surface area contributed by atoms with Crippen LogP contribution in [0.4, 0.5) is 5.69 Å². The number of benzene rings is 1. The minimum atomic E-state index is -0.0807. The highest BCUT2D eigenvalue weighted by molar-refractivity contribution is 5.52. The number of aryl methyl sites for hydroxylation is 1. The predicted molar refractivity (Wildman–Crippen MR) is 71.2 cm³/mol. The molecule has 94 valence electrons. The molecular weight excluding hydrogens is 212 g/mol. The number of nitrogens with two attached hydrogens (primary N) is 1. The Hall–Kier alpha value is -1.06. The first-order valence-electron chi connectivity index (χ1n) is 6.27. The normalized spacial score (nSPS) is 23.4. The molecule has 2 rings (SSSR count). The van der Waals surface area contributed by atoms with E-state index >= 15 is 0 Å². The number of rotatable bonds is 4. The van der Waals surface area contributed by atoms with Gasteiger partial charge in [0.2, 0.25) is 0 Å². The topological polar surface area (TPSA) is 47.3 Å². The lowest BCUT2D eigenvalue weighted by molar-refractivity contribution is 0.172. The summed E-state index contributed by atoms with van der Waals surface area (Å²) in [5, 5.41) is 3.61. The number of hydrogen-bond donors (Lipinski definition) is 2. The van der Waals surface area contributed by atoms with E-state index in [0.717, 1.165) is 19.6 Å². The van der Waals surface area contributed by atoms with Crippen molar-refractivity contribution in [3.05, 3.63) is 29.8 Å². The second kappa shape index (κ2) is 5.07. The van der Waals surface area contributed by atoms with Crippen LogP contribution in [0.3, 0.4) is 0 Å². The lowest BCUT2D eigenvalue weighted by Crippen LogP contribution is -2.49. The van der Waals surface area contributed by atoms with E-state index in [1.807, 2.05) is 0 Å². The van der Waals surface area contributed by atoms with Crippen LogP contribution in [0.5, 0.6) is 0 Å². The van der Waals surface area contributed by atoms with E-state index in [4.69, 9.17) is 10.5 Å². The second-order valence-electron chi connectivity index (χ2n) is 5.12. The predicted octanol–water partition coefficient (Wildman–Crippen LogP) is 2.16. The van der Waals surface area contributed by atoms with E-state index in [1.165, 1.54) is 11.3 Å². The van der Waals surface area contributed by atoms with Crippen LogP contribution in [0.1, 0.15) is 18.9 Å². The van der Waals surface area contributed by atoms with Crippen LogP contribution < -0.4 is 11.1 Å². The Labute approximate surface area is 103 Å². The first kappa shape index (κ1) is 12.4. The Morgan fingerprint density at radius 1 is 1.47 bits per heavy atom. The molecule has 1 fully saturated rings. The van der Waals surface area contributed by atoms with Gasteiger partial charge < -0.3 is 15.8 Å². The van der Waals surface area contributed by atoms with E-state index in [2.05, 4.69) is 43.4 Å². The molecule has 1 saturated heterocycles. The van der Waals surface area contributed by atoms with Crippen molar-refractivity contribution in [3.8, 4) is 0 Å². The van der Waals surface area contributed by atoms with Crippen molar-refractivity contribution in [1.82, 2.24) is 0 Å². The lowest BCUT2D eigenvalue weighted by Gasteiger charge is -2.36. The first-order valence-corrected chi connectivity index (χ1v) is 6.27. The Morgan fingerprint density at radius 2 is 2.24 bits per heavy atom. The highest BCUT2D eigenvalue weighted by Gasteiger charge is 2.35. The number of para-hydroxylation sites is 1. The smallest absolute Gasteiger partial charge is 0.0518 e. The molecule has 0 saturated carbocycles. The molecule has 17 heavy (non-hydrogen) atoms. The van der Waals surface area contributed by atoms with E-state index in [9.17, 15) is 0 Å². The van der Waals surface area contributed by atoms with Gasteiger partial charge in [-0.1, -0.05) is 18.2 Å². The number of nitrogens with one attached hydrogen (secondary N) is 1. The molecule has 1 heterocycles. The SMILES string of the molecule is Cc1ccccc1NC(C)(CN)C1CCOC1. The molecule has 0 aromatic heterocycles. The van der Waals surface area contributed by atoms with Gasteiger partial charge in [0.05, 0.1) is 12.1 Å². The molecule has 1 aromatic carbocycles. The fraction of sp³-hybridized carbons (Fsp3) is 0.571. The van der Waals surface area contributed by atoms with Gasteiger partial charge in [0.15, 0.2) is 0 Å². The van der Waals surface area contributed by atoms with Crippen molar-refractivity contribution in [2.45, 2.75) is 25.8 Å². The summed E-state index contributed by atoms with van der Waals surface area (Å²) >= 11 is 0. The zero-order valence-electron chi connectivity index (χ0n) is 10.7. The van der Waals surface area contributed by atoms with E-state index in [0.29, 0.717) is 12.5 Å². The van der Waals surface area contributed by atoms with Gasteiger partial charge in [-0.2, -0.15) is 0 Å². The van der Waals surface area contributed by atoms with Crippen molar-refractivity contribution in [2.24, 2.45) is 11.7 Å². The van der Waals surface area contributed by atoms with Gasteiger partial charge in [-0.3, -0.25) is 0 Å². The molecule has 1 aliphatic rings. The molecule has 2 unspecified atom stereocenters. The van der Waals surface area contributed by atoms with Crippen LogP contribution in [-0.2, 0) is 4.74 Å². The molecule has 2 atom stereocenters. The fourth-order valence-corrected chi connectivity index (χ4v) is 2.38. The van der Waals surface area contributed by atoms with Crippen molar-refractivity contribution in [3.63, 3.8) is 0 Å². The summed E-state index contributed by atoms with van der Waals surface area (Å²) in [4.78, 5) is 0. The Morgan fingerprint density at radius 3 is 2.82 bits per heavy atom. The largest absolute Gasteiger partial charge is 0.381 e. The number of hydrogen-bond acceptors (Lipinski definition) is 3. The molecule has 0 spiro atoms. The summed E-state index contributed by atoms with van der Waals surface area (Å²) in [6, 6.07) is 8.33. The van der Waals surface area contributed by atoms with Crippen molar-refractivity contribution < 1.29 is 4.74 Å². The molecule has 0 amide bonds. The highest BCUT2D eigenvalue weighted by Crippen LogP contribution is 2.29. The van der Waals surface area contributed by atoms with Crippen molar-refractivity contribution >= 4 is 5.69 Å². The zero-order chi connectivity index (χ0) is 12.3. The van der Waals surface area contributed by atoms with Gasteiger partial charge >= 0.3 is 0 Å². The van der Waals surface area contributed by atoms with Crippen molar-refractivity contribution in [1.29, 1.82) is 0 Å². The van der Waals surface area contributed by atoms with Crippen LogP contribution in [-0.4, -0.2) is 25.3 Å². The van der Waals surface area contributed by atoms with Gasteiger partial charge in [0.25, 0.3) is 0 Å². The maximum Gasteiger partial charge on any atom is 0.0518 e. The monoisotopic (exact) mass is 234 g/mol. The second-order valence-corrected chi connectivity index (χ2v) is 5.12. The molecule has 1 aromatic rings. The zero-order valence-corrected chi connectivity index (χ0v) is 10.7. The molecular formula is C14H22N2O. The van der Waals surface area contributed by atoms with E-state index < -0.39 is 0 Å². The third-order valence-corrected chi connectivity index (χ3v) is 3.82. The third-order valence-electron chi connectivity index (χ3n) is 3.82. The molecule has 3 heteroatoms. The van der Waals surface area contributed by atoms with Gasteiger partial charge in [-0.05, 0) is 31.9 Å². The minimum absolute atomic E-state index is 0.0807. The summed E-state index contributed by atoms with van der Waals surface area (Å²) in [5.74, 6) is 0.493. The standard InChI is InChI=1S/C14H22N2O/c1-11-5-3-4-6-13(11)16-14(2,10-15)12-7-8-17-9-12/h3-6,12,16H,7-10,15H2,1-2H3. The Balaban J connectivity index is 2.16. The minimum Gasteiger partial charge on any atom is -0.381 e. The molecule has 0 aliphatic carbocycles. The molecule has 1 aliphatic heterocycles. The molecule has 3 N–H and O–H groups in total. The van der Waals surface area contributed by atoms with E-state index in [1.54, 1.807) is 0 Å². The maximum absolute atomic E-state index is 5.97. The maximum atomic E-state index is 5.97. The first-order chi connectivity index (χ1) is 8.15. The van der Waals surface area contributed by atoms with Crippen molar-refractivity contribution in [2.75, 3.05) is 25.1 Å². The fourth-order valence-electron chi connectivity index (χ4n) is 2.38. The summed E-state index contributed by atoms with van der Waals surface area (Å²) < 4.78 is 5.48.